The van der Waals surface area contributed by atoms with E-state index in [-0.39, 0.29) is 17.9 Å². The first-order chi connectivity index (χ1) is 12.6. The Labute approximate surface area is 164 Å². The Balaban J connectivity index is 1.75. The van der Waals surface area contributed by atoms with Gasteiger partial charge in [-0.15, -0.1) is 0 Å². The minimum Gasteiger partial charge on any atom is -0.426 e. The van der Waals surface area contributed by atoms with E-state index in [9.17, 15) is 4.79 Å². The molecule has 2 saturated carbocycles. The number of aryl methyl sites for hydroxylation is 1. The smallest absolute Gasteiger partial charge is 0.325 e. The van der Waals surface area contributed by atoms with Crippen molar-refractivity contribution in [3.63, 3.8) is 0 Å². The van der Waals surface area contributed by atoms with Gasteiger partial charge in [0.15, 0.2) is 0 Å². The van der Waals surface area contributed by atoms with Crippen molar-refractivity contribution in [2.45, 2.75) is 78.6 Å². The Kier molecular flexibility index (Phi) is 4.27. The molecule has 2 fully saturated rings. The standard InChI is InChI=1S/C24H35NO2/c1-15-11-17(27-20(26)14-25)12-16-13-19-23(4)9-6-8-22(2,3)18(23)7-10-24(19,5)21(15)16/h11-12,18-19H,6-10,13-14,25H2,1-5H3/t18?,19-,23+,24?/m1/s1. The highest BCUT2D eigenvalue weighted by atomic mass is 16.5. The van der Waals surface area contributed by atoms with Gasteiger partial charge in [-0.1, -0.05) is 34.1 Å². The van der Waals surface area contributed by atoms with Gasteiger partial charge >= 0.3 is 5.97 Å². The molecule has 2 unspecified atom stereocenters. The lowest BCUT2D eigenvalue weighted by molar-refractivity contribution is -0.132. The van der Waals surface area contributed by atoms with Crippen molar-refractivity contribution >= 4 is 5.97 Å². The van der Waals surface area contributed by atoms with Crippen LogP contribution in [0.2, 0.25) is 0 Å². The summed E-state index contributed by atoms with van der Waals surface area (Å²) >= 11 is 0. The molecule has 0 radical (unpaired) electrons. The van der Waals surface area contributed by atoms with Crippen molar-refractivity contribution in [1.29, 1.82) is 0 Å². The summed E-state index contributed by atoms with van der Waals surface area (Å²) in [5, 5.41) is 0. The van der Waals surface area contributed by atoms with E-state index in [2.05, 4.69) is 40.7 Å². The summed E-state index contributed by atoms with van der Waals surface area (Å²) in [6.07, 6.45) is 7.78. The van der Waals surface area contributed by atoms with Crippen molar-refractivity contribution in [3.8, 4) is 5.75 Å². The molecule has 0 amide bonds. The van der Waals surface area contributed by atoms with Crippen LogP contribution in [0, 0.1) is 29.6 Å². The fraction of sp³-hybridized carbons (Fsp3) is 0.708. The lowest BCUT2D eigenvalue weighted by Gasteiger charge is -2.61. The molecule has 27 heavy (non-hydrogen) atoms. The Morgan fingerprint density at radius 3 is 2.59 bits per heavy atom. The number of esters is 1. The van der Waals surface area contributed by atoms with Gasteiger partial charge < -0.3 is 10.5 Å². The van der Waals surface area contributed by atoms with Crippen LogP contribution in [0.1, 0.15) is 76.5 Å². The third kappa shape index (κ3) is 2.68. The first kappa shape index (κ1) is 19.0. The van der Waals surface area contributed by atoms with Crippen molar-refractivity contribution in [3.05, 3.63) is 28.8 Å². The van der Waals surface area contributed by atoms with Crippen LogP contribution in [-0.4, -0.2) is 12.5 Å². The monoisotopic (exact) mass is 369 g/mol. The average molecular weight is 370 g/mol. The summed E-state index contributed by atoms with van der Waals surface area (Å²) < 4.78 is 5.46. The highest BCUT2D eigenvalue weighted by Gasteiger charge is 2.61. The molecule has 1 aromatic carbocycles. The molecule has 0 aliphatic heterocycles. The maximum absolute atomic E-state index is 11.7. The molecule has 0 heterocycles. The van der Waals surface area contributed by atoms with Gasteiger partial charge in [0.2, 0.25) is 0 Å². The van der Waals surface area contributed by atoms with Crippen LogP contribution in [0.25, 0.3) is 0 Å². The summed E-state index contributed by atoms with van der Waals surface area (Å²) in [7, 11) is 0. The Hall–Kier alpha value is -1.35. The highest BCUT2D eigenvalue weighted by molar-refractivity contribution is 5.74. The summed E-state index contributed by atoms with van der Waals surface area (Å²) in [6, 6.07) is 4.16. The molecule has 4 atom stereocenters. The van der Waals surface area contributed by atoms with Crippen LogP contribution in [0.4, 0.5) is 0 Å². The van der Waals surface area contributed by atoms with E-state index in [0.29, 0.717) is 22.5 Å². The predicted octanol–water partition coefficient (Wildman–Crippen LogP) is 4.92. The molecule has 3 aliphatic carbocycles. The van der Waals surface area contributed by atoms with E-state index < -0.39 is 0 Å². The van der Waals surface area contributed by atoms with E-state index in [4.69, 9.17) is 10.5 Å². The average Bonchev–Trinajstić information content (AvgIpc) is 2.88. The van der Waals surface area contributed by atoms with Crippen LogP contribution in [-0.2, 0) is 16.6 Å². The van der Waals surface area contributed by atoms with E-state index in [1.54, 1.807) is 0 Å². The molecule has 0 saturated heterocycles. The van der Waals surface area contributed by atoms with E-state index in [1.165, 1.54) is 48.8 Å². The third-order valence-corrected chi connectivity index (χ3v) is 8.58. The van der Waals surface area contributed by atoms with Crippen LogP contribution >= 0.6 is 0 Å². The molecule has 3 aliphatic rings. The second kappa shape index (κ2) is 6.07. The molecule has 4 rings (SSSR count). The molecule has 3 nitrogen and oxygen atoms in total. The summed E-state index contributed by atoms with van der Waals surface area (Å²) in [4.78, 5) is 11.7. The normalized spacial score (nSPS) is 36.5. The van der Waals surface area contributed by atoms with E-state index >= 15 is 0 Å². The van der Waals surface area contributed by atoms with Gasteiger partial charge in [-0.25, -0.2) is 0 Å². The van der Waals surface area contributed by atoms with Crippen molar-refractivity contribution in [2.75, 3.05) is 6.54 Å². The van der Waals surface area contributed by atoms with Gasteiger partial charge in [0.25, 0.3) is 0 Å². The summed E-state index contributed by atoms with van der Waals surface area (Å²) in [5.74, 6) is 1.78. The van der Waals surface area contributed by atoms with Gasteiger partial charge in [0, 0.05) is 0 Å². The maximum atomic E-state index is 11.7. The predicted molar refractivity (Wildman–Crippen MR) is 109 cm³/mol. The fourth-order valence-corrected chi connectivity index (χ4v) is 7.66. The van der Waals surface area contributed by atoms with E-state index in [0.717, 1.165) is 12.3 Å². The zero-order valence-corrected chi connectivity index (χ0v) is 17.7. The minimum absolute atomic E-state index is 0.0781. The Morgan fingerprint density at radius 1 is 1.15 bits per heavy atom. The largest absolute Gasteiger partial charge is 0.426 e. The first-order valence-electron chi connectivity index (χ1n) is 10.7. The lowest BCUT2D eigenvalue weighted by atomic mass is 9.43. The van der Waals surface area contributed by atoms with Crippen LogP contribution in [0.5, 0.6) is 5.75 Å². The van der Waals surface area contributed by atoms with Gasteiger partial charge in [-0.05, 0) is 95.9 Å². The van der Waals surface area contributed by atoms with Gasteiger partial charge in [0.1, 0.15) is 5.75 Å². The second-order valence-electron chi connectivity index (χ2n) is 10.6. The van der Waals surface area contributed by atoms with Crippen LogP contribution < -0.4 is 10.5 Å². The lowest BCUT2D eigenvalue weighted by Crippen LogP contribution is -2.55. The molecule has 3 heteroatoms. The highest BCUT2D eigenvalue weighted by Crippen LogP contribution is 2.67. The van der Waals surface area contributed by atoms with Crippen LogP contribution in [0.15, 0.2) is 12.1 Å². The summed E-state index contributed by atoms with van der Waals surface area (Å²) in [5.41, 5.74) is 10.7. The molecular formula is C24H35NO2. The number of hydrogen-bond acceptors (Lipinski definition) is 3. The zero-order valence-electron chi connectivity index (χ0n) is 17.7. The molecular weight excluding hydrogens is 334 g/mol. The molecule has 148 valence electrons. The molecule has 0 bridgehead atoms. The van der Waals surface area contributed by atoms with E-state index in [1.807, 2.05) is 6.07 Å². The second-order valence-corrected chi connectivity index (χ2v) is 10.6. The third-order valence-electron chi connectivity index (χ3n) is 8.58. The number of carbonyl (C=O) groups excluding carboxylic acids is 1. The minimum atomic E-state index is -0.364. The SMILES string of the molecule is Cc1cc(OC(=O)CN)cc2c1C1(C)CCC3C(C)(C)CCC[C@]3(C)[C@H]1C2. The quantitative estimate of drug-likeness (QED) is 0.595. The number of fused-ring (bicyclic) bond motifs is 5. The van der Waals surface area contributed by atoms with Crippen molar-refractivity contribution in [1.82, 2.24) is 0 Å². The number of ether oxygens (including phenoxy) is 1. The zero-order chi connectivity index (χ0) is 19.6. The maximum Gasteiger partial charge on any atom is 0.325 e. The fourth-order valence-electron chi connectivity index (χ4n) is 7.66. The van der Waals surface area contributed by atoms with Crippen molar-refractivity contribution < 1.29 is 9.53 Å². The Morgan fingerprint density at radius 2 is 1.89 bits per heavy atom. The summed E-state index contributed by atoms with van der Waals surface area (Å²) in [6.45, 7) is 12.2. The number of carbonyl (C=O) groups is 1. The number of benzene rings is 1. The molecule has 1 aromatic rings. The number of nitrogens with two attached hydrogens (primary N) is 1. The molecule has 2 N–H and O–H groups in total. The Bertz CT molecular complexity index is 783. The van der Waals surface area contributed by atoms with Gasteiger partial charge in [-0.3, -0.25) is 4.79 Å². The molecule has 0 aromatic heterocycles. The number of hydrogen-bond donors (Lipinski definition) is 1. The van der Waals surface area contributed by atoms with Crippen LogP contribution in [0.3, 0.4) is 0 Å². The number of rotatable bonds is 2. The first-order valence-corrected chi connectivity index (χ1v) is 10.7. The topological polar surface area (TPSA) is 52.3 Å². The van der Waals surface area contributed by atoms with Gasteiger partial charge in [-0.2, -0.15) is 0 Å². The molecule has 0 spiro atoms. The van der Waals surface area contributed by atoms with Gasteiger partial charge in [0.05, 0.1) is 6.54 Å². The van der Waals surface area contributed by atoms with Crippen molar-refractivity contribution in [2.24, 2.45) is 28.4 Å².